The zero-order valence-electron chi connectivity index (χ0n) is 16.5. The average molecular weight is 455 g/mol. The van der Waals surface area contributed by atoms with Crippen LogP contribution in [0.5, 0.6) is 0 Å². The number of carbonyl (C=O) groups excluding carboxylic acids is 1. The van der Waals surface area contributed by atoms with Gasteiger partial charge in [-0.3, -0.25) is 9.69 Å². The fraction of sp³-hybridized carbons (Fsp3) is 0.409. The quantitative estimate of drug-likeness (QED) is 0.670. The van der Waals surface area contributed by atoms with Crippen molar-refractivity contribution in [1.29, 1.82) is 0 Å². The topological polar surface area (TPSA) is 26.8 Å². The molecule has 156 valence electrons. The number of nitrogens with zero attached hydrogens (tertiary/aromatic N) is 3. The van der Waals surface area contributed by atoms with Crippen molar-refractivity contribution in [3.8, 4) is 0 Å². The SMILES string of the molecule is CC(=O)N1CCc2cc(CCN3CCN(c4cccc(Cl)c4Cl)CC3)ccc21.Cl. The van der Waals surface area contributed by atoms with Gasteiger partial charge in [-0.25, -0.2) is 0 Å². The van der Waals surface area contributed by atoms with Crippen molar-refractivity contribution in [1.82, 2.24) is 4.90 Å². The number of anilines is 2. The molecule has 1 saturated heterocycles. The van der Waals surface area contributed by atoms with Gasteiger partial charge in [-0.1, -0.05) is 41.4 Å². The molecule has 0 aromatic heterocycles. The number of carbonyl (C=O) groups is 1. The van der Waals surface area contributed by atoms with Crippen molar-refractivity contribution >= 4 is 52.9 Å². The standard InChI is InChI=1S/C22H25Cl2N3O.ClH/c1-16(28)27-10-8-18-15-17(5-6-20(18)27)7-9-25-11-13-26(14-12-25)21-4-2-3-19(23)22(21)24;/h2-6,15H,7-14H2,1H3;1H. The van der Waals surface area contributed by atoms with Crippen LogP contribution >= 0.6 is 35.6 Å². The molecule has 0 aliphatic carbocycles. The van der Waals surface area contributed by atoms with Crippen LogP contribution in [0.25, 0.3) is 0 Å². The van der Waals surface area contributed by atoms with E-state index >= 15 is 0 Å². The number of rotatable bonds is 4. The predicted molar refractivity (Wildman–Crippen MR) is 124 cm³/mol. The highest BCUT2D eigenvalue weighted by Gasteiger charge is 2.23. The minimum Gasteiger partial charge on any atom is -0.368 e. The number of hydrogen-bond acceptors (Lipinski definition) is 3. The van der Waals surface area contributed by atoms with Crippen molar-refractivity contribution < 1.29 is 4.79 Å². The summed E-state index contributed by atoms with van der Waals surface area (Å²) in [7, 11) is 0. The Morgan fingerprint density at radius 2 is 1.76 bits per heavy atom. The molecule has 4 nitrogen and oxygen atoms in total. The molecule has 0 radical (unpaired) electrons. The summed E-state index contributed by atoms with van der Waals surface area (Å²) >= 11 is 12.5. The molecule has 2 aromatic carbocycles. The second-order valence-electron chi connectivity index (χ2n) is 7.54. The number of piperazine rings is 1. The lowest BCUT2D eigenvalue weighted by molar-refractivity contribution is -0.116. The molecule has 0 atom stereocenters. The first-order valence-corrected chi connectivity index (χ1v) is 10.6. The Morgan fingerprint density at radius 3 is 2.48 bits per heavy atom. The Hall–Kier alpha value is -1.46. The van der Waals surface area contributed by atoms with Gasteiger partial charge in [-0.05, 0) is 42.2 Å². The summed E-state index contributed by atoms with van der Waals surface area (Å²) in [5, 5.41) is 1.26. The molecule has 2 aliphatic heterocycles. The fourth-order valence-electron chi connectivity index (χ4n) is 4.17. The van der Waals surface area contributed by atoms with E-state index in [9.17, 15) is 4.79 Å². The van der Waals surface area contributed by atoms with Gasteiger partial charge in [0.25, 0.3) is 0 Å². The molecule has 0 bridgehead atoms. The van der Waals surface area contributed by atoms with Gasteiger partial charge in [0.1, 0.15) is 0 Å². The highest BCUT2D eigenvalue weighted by Crippen LogP contribution is 2.33. The van der Waals surface area contributed by atoms with Gasteiger partial charge >= 0.3 is 0 Å². The Morgan fingerprint density at radius 1 is 1.00 bits per heavy atom. The van der Waals surface area contributed by atoms with Crippen molar-refractivity contribution in [3.63, 3.8) is 0 Å². The first-order chi connectivity index (χ1) is 13.5. The van der Waals surface area contributed by atoms with Crippen LogP contribution in [-0.2, 0) is 17.6 Å². The van der Waals surface area contributed by atoms with Crippen LogP contribution in [0, 0.1) is 0 Å². The van der Waals surface area contributed by atoms with E-state index in [2.05, 4.69) is 28.0 Å². The van der Waals surface area contributed by atoms with Crippen LogP contribution in [0.3, 0.4) is 0 Å². The third kappa shape index (κ3) is 4.83. The number of amides is 1. The van der Waals surface area contributed by atoms with E-state index in [1.165, 1.54) is 11.1 Å². The van der Waals surface area contributed by atoms with Crippen LogP contribution in [0.4, 0.5) is 11.4 Å². The molecular weight excluding hydrogens is 429 g/mol. The lowest BCUT2D eigenvalue weighted by Gasteiger charge is -2.36. The Bertz CT molecular complexity index is 882. The van der Waals surface area contributed by atoms with E-state index in [1.807, 2.05) is 23.1 Å². The number of halogens is 3. The molecule has 0 saturated carbocycles. The molecule has 0 N–H and O–H groups in total. The Kier molecular flexibility index (Phi) is 7.33. The first kappa shape index (κ1) is 22.2. The normalized spacial score (nSPS) is 16.5. The molecule has 29 heavy (non-hydrogen) atoms. The molecule has 0 unspecified atom stereocenters. The molecule has 4 rings (SSSR count). The fourth-order valence-corrected chi connectivity index (χ4v) is 4.59. The monoisotopic (exact) mass is 453 g/mol. The number of fused-ring (bicyclic) bond motifs is 1. The van der Waals surface area contributed by atoms with Crippen molar-refractivity contribution in [2.45, 2.75) is 19.8 Å². The van der Waals surface area contributed by atoms with Crippen molar-refractivity contribution in [2.24, 2.45) is 0 Å². The molecule has 2 aliphatic rings. The maximum Gasteiger partial charge on any atom is 0.223 e. The van der Waals surface area contributed by atoms with Crippen LogP contribution in [-0.4, -0.2) is 50.1 Å². The molecule has 2 aromatic rings. The molecular formula is C22H26Cl3N3O. The first-order valence-electron chi connectivity index (χ1n) is 9.84. The second-order valence-corrected chi connectivity index (χ2v) is 8.32. The zero-order valence-corrected chi connectivity index (χ0v) is 18.9. The second kappa shape index (κ2) is 9.57. The lowest BCUT2D eigenvalue weighted by atomic mass is 10.1. The van der Waals surface area contributed by atoms with Crippen LogP contribution in [0.15, 0.2) is 36.4 Å². The smallest absolute Gasteiger partial charge is 0.223 e. The summed E-state index contributed by atoms with van der Waals surface area (Å²) in [6, 6.07) is 12.4. The highest BCUT2D eigenvalue weighted by atomic mass is 35.5. The van der Waals surface area contributed by atoms with E-state index in [1.54, 1.807) is 6.92 Å². The van der Waals surface area contributed by atoms with E-state index in [-0.39, 0.29) is 18.3 Å². The van der Waals surface area contributed by atoms with Gasteiger partial charge in [0, 0.05) is 51.9 Å². The summed E-state index contributed by atoms with van der Waals surface area (Å²) in [5.41, 5.74) is 4.77. The van der Waals surface area contributed by atoms with E-state index < -0.39 is 0 Å². The molecule has 1 fully saturated rings. The van der Waals surface area contributed by atoms with Gasteiger partial charge in [-0.2, -0.15) is 0 Å². The Labute approximate surface area is 188 Å². The summed E-state index contributed by atoms with van der Waals surface area (Å²) < 4.78 is 0. The molecule has 1 amide bonds. The van der Waals surface area contributed by atoms with Gasteiger partial charge in [0.05, 0.1) is 15.7 Å². The number of hydrogen-bond donors (Lipinski definition) is 0. The van der Waals surface area contributed by atoms with Crippen LogP contribution < -0.4 is 9.80 Å². The van der Waals surface area contributed by atoms with Gasteiger partial charge in [-0.15, -0.1) is 12.4 Å². The third-order valence-corrected chi connectivity index (χ3v) is 6.59. The molecule has 2 heterocycles. The van der Waals surface area contributed by atoms with Gasteiger partial charge in [0.2, 0.25) is 5.91 Å². The largest absolute Gasteiger partial charge is 0.368 e. The van der Waals surface area contributed by atoms with Crippen molar-refractivity contribution in [3.05, 3.63) is 57.6 Å². The van der Waals surface area contributed by atoms with Crippen LogP contribution in [0.1, 0.15) is 18.1 Å². The zero-order chi connectivity index (χ0) is 19.7. The molecule has 0 spiro atoms. The maximum absolute atomic E-state index is 11.7. The minimum absolute atomic E-state index is 0. The minimum atomic E-state index is 0. The summed E-state index contributed by atoms with van der Waals surface area (Å²) in [4.78, 5) is 18.4. The van der Waals surface area contributed by atoms with E-state index in [0.717, 1.165) is 63.5 Å². The van der Waals surface area contributed by atoms with E-state index in [4.69, 9.17) is 23.2 Å². The summed E-state index contributed by atoms with van der Waals surface area (Å²) in [5.74, 6) is 0.129. The predicted octanol–water partition coefficient (Wildman–Crippen LogP) is 4.69. The number of benzene rings is 2. The van der Waals surface area contributed by atoms with E-state index in [0.29, 0.717) is 10.0 Å². The summed E-state index contributed by atoms with van der Waals surface area (Å²) in [6.07, 6.45) is 1.99. The highest BCUT2D eigenvalue weighted by molar-refractivity contribution is 6.43. The van der Waals surface area contributed by atoms with Crippen molar-refractivity contribution in [2.75, 3.05) is 49.1 Å². The molecule has 7 heteroatoms. The van der Waals surface area contributed by atoms with Gasteiger partial charge in [0.15, 0.2) is 0 Å². The third-order valence-electron chi connectivity index (χ3n) is 5.78. The van der Waals surface area contributed by atoms with Gasteiger partial charge < -0.3 is 9.80 Å². The summed E-state index contributed by atoms with van der Waals surface area (Å²) in [6.45, 7) is 7.45. The maximum atomic E-state index is 11.7. The van der Waals surface area contributed by atoms with Crippen LogP contribution in [0.2, 0.25) is 10.0 Å². The Balaban J connectivity index is 0.00000240. The average Bonchev–Trinajstić information content (AvgIpc) is 3.12. The lowest BCUT2D eigenvalue weighted by Crippen LogP contribution is -2.47.